The van der Waals surface area contributed by atoms with Crippen molar-refractivity contribution in [3.63, 3.8) is 0 Å². The summed E-state index contributed by atoms with van der Waals surface area (Å²) < 4.78 is 16.2. The molecule has 10 atom stereocenters. The predicted octanol–water partition coefficient (Wildman–Crippen LogP) is 7.06. The van der Waals surface area contributed by atoms with Crippen molar-refractivity contribution in [2.45, 2.75) is 138 Å². The molecule has 2 aromatic heterocycles. The summed E-state index contributed by atoms with van der Waals surface area (Å²) in [6.45, 7) is 19.8. The first kappa shape index (κ1) is 39.1. The highest BCUT2D eigenvalue weighted by molar-refractivity contribution is 5.68. The minimum atomic E-state index is -0.235. The first-order valence-corrected chi connectivity index (χ1v) is 20.8. The number of allylic oxidation sites excluding steroid dienone is 1. The van der Waals surface area contributed by atoms with Gasteiger partial charge in [-0.2, -0.15) is 9.13 Å². The van der Waals surface area contributed by atoms with E-state index in [0.29, 0.717) is 47.6 Å². The summed E-state index contributed by atoms with van der Waals surface area (Å²) in [7, 11) is 0. The van der Waals surface area contributed by atoms with Crippen LogP contribution in [0.3, 0.4) is 0 Å². The van der Waals surface area contributed by atoms with E-state index in [1.165, 1.54) is 24.8 Å². The molecule has 5 saturated carbocycles. The second-order valence-corrected chi connectivity index (χ2v) is 19.5. The molecule has 5 aliphatic rings. The van der Waals surface area contributed by atoms with Gasteiger partial charge in [-0.05, 0) is 117 Å². The molecule has 8 heteroatoms. The molecule has 8 nitrogen and oxygen atoms in total. The van der Waals surface area contributed by atoms with Gasteiger partial charge in [0.15, 0.2) is 12.4 Å². The number of rotatable bonds is 10. The summed E-state index contributed by atoms with van der Waals surface area (Å²) in [5.41, 5.74) is 3.00. The van der Waals surface area contributed by atoms with Gasteiger partial charge in [0.2, 0.25) is 24.5 Å². The molecular formula is C46H66N2O6+2. The molecule has 54 heavy (non-hydrogen) atoms. The highest BCUT2D eigenvalue weighted by Crippen LogP contribution is 2.77. The lowest BCUT2D eigenvalue weighted by Gasteiger charge is -2.73. The summed E-state index contributed by atoms with van der Waals surface area (Å²) in [6.07, 6.45) is 14.6. The maximum Gasteiger partial charge on any atom is 0.372 e. The minimum Gasteiger partial charge on any atom is -0.460 e. The Morgan fingerprint density at radius 1 is 0.759 bits per heavy atom. The van der Waals surface area contributed by atoms with Crippen molar-refractivity contribution in [2.75, 3.05) is 6.61 Å². The zero-order chi connectivity index (χ0) is 38.7. The Labute approximate surface area is 323 Å². The number of ether oxygens (including phenoxy) is 2. The number of hydrogen-bond donors (Lipinski definition) is 2. The van der Waals surface area contributed by atoms with Crippen molar-refractivity contribution >= 4 is 11.9 Å². The van der Waals surface area contributed by atoms with E-state index in [4.69, 9.17) is 9.47 Å². The first-order valence-electron chi connectivity index (χ1n) is 20.8. The number of pyridine rings is 2. The Hall–Kier alpha value is -3.10. The monoisotopic (exact) mass is 742 g/mol. The third-order valence-corrected chi connectivity index (χ3v) is 17.0. The van der Waals surface area contributed by atoms with E-state index in [2.05, 4.69) is 48.1 Å². The topological polar surface area (TPSA) is 101 Å². The van der Waals surface area contributed by atoms with Crippen molar-refractivity contribution in [1.82, 2.24) is 0 Å². The zero-order valence-electron chi connectivity index (χ0n) is 33.8. The smallest absolute Gasteiger partial charge is 0.372 e. The largest absolute Gasteiger partial charge is 0.460 e. The van der Waals surface area contributed by atoms with Crippen molar-refractivity contribution in [1.29, 1.82) is 0 Å². The Morgan fingerprint density at radius 3 is 2.04 bits per heavy atom. The Kier molecular flexibility index (Phi) is 10.5. The molecule has 0 amide bonds. The molecule has 7 rings (SSSR count). The molecule has 0 saturated heterocycles. The van der Waals surface area contributed by atoms with E-state index in [1.807, 2.05) is 48.8 Å². The predicted molar refractivity (Wildman–Crippen MR) is 205 cm³/mol. The standard InChI is InChI=1S/C46H66N2O6/c1-31(2)34-16-21-46(30-53-39(51)26-47-24-10-8-12-32(47)28-49)23-22-44(6)35(41(34)46)14-15-37-43(5)19-18-38(42(3,4)36(43)17-20-45(37,44)7)54-40(52)27-48-25-11-9-13-33(48)29-50/h8-13,24-25,34-38,41,49-50H,1,14-23,26-30H2,2-7H3/q+2/t34?,35?,36?,37?,38-,41?,43-,44+,45+,46+/m0/s1. The highest BCUT2D eigenvalue weighted by atomic mass is 16.5. The van der Waals surface area contributed by atoms with Gasteiger partial charge in [0.1, 0.15) is 19.3 Å². The summed E-state index contributed by atoms with van der Waals surface area (Å²) in [6, 6.07) is 11.2. The third-order valence-electron chi connectivity index (χ3n) is 17.0. The Balaban J connectivity index is 1.09. The van der Waals surface area contributed by atoms with Crippen LogP contribution in [-0.4, -0.2) is 34.9 Å². The SMILES string of the molecule is C=C(C)C1CC[C@]2(COC(=O)C[n+]3ccccc3CO)CC[C@]3(C)C(CCC4[C@@]5(C)CC[C@H](OC(=O)C[n+]6ccccc6CO)C(C)(C)C5CC[C@]43C)C12. The van der Waals surface area contributed by atoms with Gasteiger partial charge in [0.05, 0.1) is 6.61 Å². The van der Waals surface area contributed by atoms with Crippen molar-refractivity contribution in [3.05, 3.63) is 72.3 Å². The Morgan fingerprint density at radius 2 is 1.41 bits per heavy atom. The molecule has 5 aliphatic carbocycles. The first-order chi connectivity index (χ1) is 25.6. The maximum atomic E-state index is 13.4. The molecule has 294 valence electrons. The van der Waals surface area contributed by atoms with Crippen LogP contribution < -0.4 is 9.13 Å². The van der Waals surface area contributed by atoms with E-state index in [1.54, 1.807) is 9.13 Å². The van der Waals surface area contributed by atoms with Crippen molar-refractivity contribution in [3.8, 4) is 0 Å². The van der Waals surface area contributed by atoms with E-state index in [0.717, 1.165) is 44.9 Å². The zero-order valence-corrected chi connectivity index (χ0v) is 33.8. The number of esters is 2. The van der Waals surface area contributed by atoms with Gasteiger partial charge >= 0.3 is 11.9 Å². The van der Waals surface area contributed by atoms with Gasteiger partial charge in [-0.15, -0.1) is 0 Å². The number of aromatic nitrogens is 2. The lowest BCUT2D eigenvalue weighted by atomic mass is 9.32. The quantitative estimate of drug-likeness (QED) is 0.154. The molecule has 5 fully saturated rings. The van der Waals surface area contributed by atoms with Gasteiger partial charge in [-0.1, -0.05) is 58.9 Å². The number of fused-ring (bicyclic) bond motifs is 7. The van der Waals surface area contributed by atoms with Crippen LogP contribution in [0.1, 0.15) is 117 Å². The fourth-order valence-corrected chi connectivity index (χ4v) is 14.1. The summed E-state index contributed by atoms with van der Waals surface area (Å²) in [5.74, 6) is 2.01. The number of aliphatic hydroxyl groups is 2. The fraction of sp³-hybridized carbons (Fsp3) is 0.696. The van der Waals surface area contributed by atoms with Crippen molar-refractivity contribution in [2.24, 2.45) is 56.7 Å². The van der Waals surface area contributed by atoms with Crippen LogP contribution in [0.25, 0.3) is 0 Å². The van der Waals surface area contributed by atoms with Crippen LogP contribution >= 0.6 is 0 Å². The second-order valence-electron chi connectivity index (χ2n) is 19.5. The van der Waals surface area contributed by atoms with E-state index in [-0.39, 0.29) is 71.4 Å². The number of aliphatic hydroxyl groups excluding tert-OH is 2. The normalized spacial score (nSPS) is 37.9. The van der Waals surface area contributed by atoms with Gasteiger partial charge in [0, 0.05) is 35.1 Å². The van der Waals surface area contributed by atoms with Crippen LogP contribution in [0.5, 0.6) is 0 Å². The third kappa shape index (κ3) is 6.26. The summed E-state index contributed by atoms with van der Waals surface area (Å²) in [4.78, 5) is 26.7. The molecule has 0 bridgehead atoms. The van der Waals surface area contributed by atoms with Gasteiger partial charge in [-0.3, -0.25) is 0 Å². The molecule has 0 radical (unpaired) electrons. The molecule has 0 aromatic carbocycles. The van der Waals surface area contributed by atoms with E-state index < -0.39 is 0 Å². The average Bonchev–Trinajstić information content (AvgIpc) is 3.53. The maximum absolute atomic E-state index is 13.4. The van der Waals surface area contributed by atoms with Crippen LogP contribution in [0, 0.1) is 56.7 Å². The van der Waals surface area contributed by atoms with E-state index >= 15 is 0 Å². The number of carbonyl (C=O) groups excluding carboxylic acids is 2. The molecular weight excluding hydrogens is 677 g/mol. The average molecular weight is 743 g/mol. The summed E-state index contributed by atoms with van der Waals surface area (Å²) in [5, 5.41) is 19.6. The van der Waals surface area contributed by atoms with Gasteiger partial charge in [0.25, 0.3) is 0 Å². The molecule has 0 aliphatic heterocycles. The van der Waals surface area contributed by atoms with Gasteiger partial charge < -0.3 is 19.7 Å². The van der Waals surface area contributed by atoms with Crippen LogP contribution in [0.4, 0.5) is 0 Å². The highest BCUT2D eigenvalue weighted by Gasteiger charge is 2.71. The van der Waals surface area contributed by atoms with Gasteiger partial charge in [-0.25, -0.2) is 9.59 Å². The fourth-order valence-electron chi connectivity index (χ4n) is 14.1. The van der Waals surface area contributed by atoms with Crippen LogP contribution in [0.15, 0.2) is 60.9 Å². The minimum absolute atomic E-state index is 0.0329. The lowest BCUT2D eigenvalue weighted by molar-refractivity contribution is -0.695. The lowest BCUT2D eigenvalue weighted by Crippen LogP contribution is -2.67. The second kappa shape index (κ2) is 14.4. The van der Waals surface area contributed by atoms with Crippen LogP contribution in [0.2, 0.25) is 0 Å². The molecule has 2 heterocycles. The molecule has 2 N–H and O–H groups in total. The van der Waals surface area contributed by atoms with Crippen LogP contribution in [-0.2, 0) is 45.4 Å². The number of nitrogens with zero attached hydrogens (tertiary/aromatic N) is 2. The molecule has 5 unspecified atom stereocenters. The molecule has 2 aromatic rings. The molecule has 0 spiro atoms. The van der Waals surface area contributed by atoms with E-state index in [9.17, 15) is 19.8 Å². The Bertz CT molecular complexity index is 1760. The number of carbonyl (C=O) groups is 2. The number of hydrogen-bond acceptors (Lipinski definition) is 6. The van der Waals surface area contributed by atoms with Crippen molar-refractivity contribution < 1.29 is 38.4 Å². The summed E-state index contributed by atoms with van der Waals surface area (Å²) >= 11 is 0.